The largest absolute Gasteiger partial charge is 0.418 e. The molecule has 0 fully saturated rings. The molecule has 1 amide bonds. The summed E-state index contributed by atoms with van der Waals surface area (Å²) in [5.41, 5.74) is 7.90. The number of carbonyl (C=O) groups is 1. The van der Waals surface area contributed by atoms with Crippen molar-refractivity contribution >= 4 is 16.8 Å². The minimum Gasteiger partial charge on any atom is -0.369 e. The van der Waals surface area contributed by atoms with Gasteiger partial charge in [-0.15, -0.1) is 0 Å². The molecule has 36 heavy (non-hydrogen) atoms. The molecule has 0 radical (unpaired) electrons. The molecular weight excluding hydrogens is 469 g/mol. The minimum absolute atomic E-state index is 0.122. The van der Waals surface area contributed by atoms with Crippen LogP contribution >= 0.6 is 0 Å². The highest BCUT2D eigenvalue weighted by Crippen LogP contribution is 2.39. The highest BCUT2D eigenvalue weighted by Gasteiger charge is 2.33. The zero-order valence-corrected chi connectivity index (χ0v) is 18.8. The number of carbonyl (C=O) groups excluding carboxylic acids is 1. The number of halogens is 3. The number of primary amides is 1. The van der Waals surface area contributed by atoms with E-state index in [2.05, 4.69) is 15.1 Å². The Hall–Kier alpha value is -4.53. The monoisotopic (exact) mass is 488 g/mol. The van der Waals surface area contributed by atoms with Gasteiger partial charge in [-0.2, -0.15) is 18.2 Å². The first-order chi connectivity index (χ1) is 17.3. The Balaban J connectivity index is 1.69. The van der Waals surface area contributed by atoms with Crippen LogP contribution in [-0.4, -0.2) is 21.0 Å². The predicted molar refractivity (Wildman–Crippen MR) is 128 cm³/mol. The van der Waals surface area contributed by atoms with Gasteiger partial charge in [-0.3, -0.25) is 9.78 Å². The lowest BCUT2D eigenvalue weighted by atomic mass is 9.91. The van der Waals surface area contributed by atoms with E-state index in [1.165, 1.54) is 12.3 Å². The summed E-state index contributed by atoms with van der Waals surface area (Å²) in [5.74, 6) is -0.269. The summed E-state index contributed by atoms with van der Waals surface area (Å²) in [5, 5.41) is 4.16. The smallest absolute Gasteiger partial charge is 0.369 e. The van der Waals surface area contributed by atoms with Crippen molar-refractivity contribution in [3.63, 3.8) is 0 Å². The lowest BCUT2D eigenvalue weighted by Crippen LogP contribution is -2.14. The van der Waals surface area contributed by atoms with Crippen LogP contribution in [0.3, 0.4) is 0 Å². The van der Waals surface area contributed by atoms with E-state index in [-0.39, 0.29) is 23.7 Å². The number of nitrogens with zero attached hydrogens (tertiary/aromatic N) is 3. The van der Waals surface area contributed by atoms with Crippen molar-refractivity contribution in [3.05, 3.63) is 102 Å². The highest BCUT2D eigenvalue weighted by atomic mass is 19.4. The third-order valence-electron chi connectivity index (χ3n) is 5.72. The number of benzene rings is 3. The van der Waals surface area contributed by atoms with Gasteiger partial charge >= 0.3 is 6.18 Å². The van der Waals surface area contributed by atoms with E-state index in [1.54, 1.807) is 24.3 Å². The molecule has 0 bridgehead atoms. The van der Waals surface area contributed by atoms with Gasteiger partial charge in [0.2, 0.25) is 5.91 Å². The molecule has 2 aromatic heterocycles. The van der Waals surface area contributed by atoms with Crippen LogP contribution < -0.4 is 5.73 Å². The van der Waals surface area contributed by atoms with Gasteiger partial charge in [0.1, 0.15) is 0 Å². The number of para-hydroxylation sites is 1. The van der Waals surface area contributed by atoms with E-state index >= 15 is 0 Å². The second kappa shape index (κ2) is 9.26. The first-order valence-electron chi connectivity index (χ1n) is 11.0. The van der Waals surface area contributed by atoms with Crippen LogP contribution in [0.5, 0.6) is 0 Å². The molecule has 0 aliphatic carbocycles. The molecule has 0 unspecified atom stereocenters. The van der Waals surface area contributed by atoms with Gasteiger partial charge in [0.05, 0.1) is 17.5 Å². The average Bonchev–Trinajstić information content (AvgIpc) is 3.31. The van der Waals surface area contributed by atoms with Crippen molar-refractivity contribution in [1.29, 1.82) is 0 Å². The Morgan fingerprint density at radius 3 is 2.44 bits per heavy atom. The summed E-state index contributed by atoms with van der Waals surface area (Å²) < 4.78 is 46.6. The van der Waals surface area contributed by atoms with Crippen LogP contribution in [0.15, 0.2) is 83.5 Å². The van der Waals surface area contributed by atoms with Gasteiger partial charge in [0, 0.05) is 17.1 Å². The fourth-order valence-corrected chi connectivity index (χ4v) is 4.19. The van der Waals surface area contributed by atoms with Gasteiger partial charge in [-0.05, 0) is 46.9 Å². The quantitative estimate of drug-likeness (QED) is 0.336. The van der Waals surface area contributed by atoms with E-state index in [1.807, 2.05) is 36.4 Å². The Labute approximate surface area is 203 Å². The Kier molecular flexibility index (Phi) is 5.97. The lowest BCUT2D eigenvalue weighted by molar-refractivity contribution is -0.136. The Morgan fingerprint density at radius 2 is 1.69 bits per heavy atom. The number of pyridine rings is 1. The summed E-state index contributed by atoms with van der Waals surface area (Å²) in [6, 6.07) is 20.8. The molecule has 5 aromatic rings. The van der Waals surface area contributed by atoms with Crippen LogP contribution in [0, 0.1) is 0 Å². The number of hydrogen-bond acceptors (Lipinski definition) is 5. The Bertz CT molecular complexity index is 1560. The summed E-state index contributed by atoms with van der Waals surface area (Å²) in [4.78, 5) is 19.6. The third-order valence-corrected chi connectivity index (χ3v) is 5.72. The summed E-state index contributed by atoms with van der Waals surface area (Å²) >= 11 is 0. The molecule has 3 aromatic carbocycles. The molecule has 0 aliphatic heterocycles. The van der Waals surface area contributed by atoms with Crippen LogP contribution in [0.25, 0.3) is 33.5 Å². The molecule has 2 N–H and O–H groups in total. The lowest BCUT2D eigenvalue weighted by Gasteiger charge is -2.16. The highest BCUT2D eigenvalue weighted by molar-refractivity contribution is 5.98. The van der Waals surface area contributed by atoms with Crippen molar-refractivity contribution in [2.45, 2.75) is 19.0 Å². The molecular formula is C27H19F3N4O2. The maximum Gasteiger partial charge on any atom is 0.418 e. The van der Waals surface area contributed by atoms with Crippen molar-refractivity contribution < 1.29 is 22.5 Å². The fraction of sp³-hybridized carbons (Fsp3) is 0.111. The first kappa shape index (κ1) is 23.2. The molecule has 0 saturated heterocycles. The van der Waals surface area contributed by atoms with Gasteiger partial charge in [0.25, 0.3) is 5.89 Å². The average molecular weight is 488 g/mol. The zero-order chi connectivity index (χ0) is 25.3. The maximum absolute atomic E-state index is 13.8. The minimum atomic E-state index is -4.55. The molecule has 2 heterocycles. The van der Waals surface area contributed by atoms with Gasteiger partial charge in [-0.1, -0.05) is 59.8 Å². The molecule has 0 spiro atoms. The number of rotatable bonds is 6. The molecule has 9 heteroatoms. The zero-order valence-electron chi connectivity index (χ0n) is 18.8. The van der Waals surface area contributed by atoms with Crippen molar-refractivity contribution in [2.24, 2.45) is 5.73 Å². The predicted octanol–water partition coefficient (Wildman–Crippen LogP) is 5.59. The first-order valence-corrected chi connectivity index (χ1v) is 11.0. The third kappa shape index (κ3) is 4.68. The number of fused-ring (bicyclic) bond motifs is 1. The number of hydrogen-bond donors (Lipinski definition) is 1. The molecule has 180 valence electrons. The number of alkyl halides is 3. The maximum atomic E-state index is 13.8. The topological polar surface area (TPSA) is 94.9 Å². The van der Waals surface area contributed by atoms with Gasteiger partial charge in [0.15, 0.2) is 5.82 Å². The van der Waals surface area contributed by atoms with Gasteiger partial charge in [-0.25, -0.2) is 0 Å². The van der Waals surface area contributed by atoms with Crippen LogP contribution in [0.4, 0.5) is 13.2 Å². The molecule has 5 rings (SSSR count). The number of nitrogens with two attached hydrogens (primary N) is 1. The van der Waals surface area contributed by atoms with E-state index in [0.717, 1.165) is 17.2 Å². The van der Waals surface area contributed by atoms with E-state index < -0.39 is 17.6 Å². The number of aromatic nitrogens is 3. The summed E-state index contributed by atoms with van der Waals surface area (Å²) in [7, 11) is 0. The van der Waals surface area contributed by atoms with Crippen LogP contribution in [0.2, 0.25) is 0 Å². The standard InChI is InChI=1S/C27H19F3N4O2/c28-27(29,30)21-11-5-10-20-24(19(15-32-25(20)21)12-16-6-2-1-3-7-16)17-8-4-9-18(13-17)26-33-23(34-36-26)14-22(31)35/h1-11,13,15H,12,14H2,(H2,31,35). The van der Waals surface area contributed by atoms with Crippen molar-refractivity contribution in [2.75, 3.05) is 0 Å². The number of amides is 1. The summed E-state index contributed by atoms with van der Waals surface area (Å²) in [6.45, 7) is 0. The van der Waals surface area contributed by atoms with Crippen LogP contribution in [0.1, 0.15) is 22.5 Å². The normalized spacial score (nSPS) is 11.6. The van der Waals surface area contributed by atoms with E-state index in [0.29, 0.717) is 28.5 Å². The van der Waals surface area contributed by atoms with Crippen LogP contribution in [-0.2, 0) is 23.8 Å². The molecule has 0 atom stereocenters. The molecule has 0 aliphatic rings. The second-order valence-corrected chi connectivity index (χ2v) is 8.26. The van der Waals surface area contributed by atoms with E-state index in [4.69, 9.17) is 10.3 Å². The van der Waals surface area contributed by atoms with Crippen molar-refractivity contribution in [3.8, 4) is 22.6 Å². The Morgan fingerprint density at radius 1 is 0.944 bits per heavy atom. The SMILES string of the molecule is NC(=O)Cc1noc(-c2cccc(-c3c(Cc4ccccc4)cnc4c(C(F)(F)F)cccc34)c2)n1. The van der Waals surface area contributed by atoms with Crippen molar-refractivity contribution in [1.82, 2.24) is 15.1 Å². The van der Waals surface area contributed by atoms with E-state index in [9.17, 15) is 18.0 Å². The van der Waals surface area contributed by atoms with Gasteiger partial charge < -0.3 is 10.3 Å². The fourth-order valence-electron chi connectivity index (χ4n) is 4.19. The molecule has 0 saturated carbocycles. The second-order valence-electron chi connectivity index (χ2n) is 8.26. The molecule has 6 nitrogen and oxygen atoms in total. The summed E-state index contributed by atoms with van der Waals surface area (Å²) in [6.07, 6.45) is -2.74.